The van der Waals surface area contributed by atoms with Crippen LogP contribution in [0.15, 0.2) is 47.0 Å². The Balaban J connectivity index is 1.16. The van der Waals surface area contributed by atoms with E-state index in [4.69, 9.17) is 14.3 Å². The average molecular weight is 587 g/mol. The first-order chi connectivity index (χ1) is 20.1. The zero-order chi connectivity index (χ0) is 29.9. The van der Waals surface area contributed by atoms with Crippen molar-refractivity contribution >= 4 is 23.6 Å². The number of aromatic carboxylic acids is 1. The summed E-state index contributed by atoms with van der Waals surface area (Å²) in [6, 6.07) is 9.71. The number of ether oxygens (including phenoxy) is 1. The van der Waals surface area contributed by atoms with Gasteiger partial charge in [-0.05, 0) is 67.3 Å². The predicted octanol–water partition coefficient (Wildman–Crippen LogP) is 5.74. The zero-order valence-electron chi connectivity index (χ0n) is 23.3. The molecule has 0 radical (unpaired) electrons. The Morgan fingerprint density at radius 1 is 1.10 bits per heavy atom. The SMILES string of the molecule is CC1CCCN(c2nc(C(F)(F)F)c(C(=O)Cc3ccc(N4CCC(COc5cccc(C(=O)O)c5)CC4)nc3)o2)C1. The molecule has 224 valence electrons. The topological polar surface area (TPSA) is 109 Å². The Labute approximate surface area is 241 Å². The second kappa shape index (κ2) is 12.4. The summed E-state index contributed by atoms with van der Waals surface area (Å²) in [5.41, 5.74) is -0.628. The third-order valence-electron chi connectivity index (χ3n) is 7.74. The molecule has 12 heteroatoms. The summed E-state index contributed by atoms with van der Waals surface area (Å²) in [5, 5.41) is 9.14. The van der Waals surface area contributed by atoms with Crippen LogP contribution in [0, 0.1) is 11.8 Å². The van der Waals surface area contributed by atoms with Crippen LogP contribution in [-0.2, 0) is 12.6 Å². The van der Waals surface area contributed by atoms with Crippen LogP contribution < -0.4 is 14.5 Å². The van der Waals surface area contributed by atoms with Crippen molar-refractivity contribution in [3.05, 3.63) is 65.2 Å². The van der Waals surface area contributed by atoms with E-state index in [1.165, 1.54) is 18.3 Å². The molecule has 3 aromatic rings. The van der Waals surface area contributed by atoms with Crippen molar-refractivity contribution < 1.29 is 37.0 Å². The Kier molecular flexibility index (Phi) is 8.69. The van der Waals surface area contributed by atoms with Crippen LogP contribution in [0.1, 0.15) is 64.8 Å². The number of ketones is 1. The van der Waals surface area contributed by atoms with Crippen molar-refractivity contribution in [1.82, 2.24) is 9.97 Å². The largest absolute Gasteiger partial charge is 0.493 e. The van der Waals surface area contributed by atoms with Crippen molar-refractivity contribution in [1.29, 1.82) is 0 Å². The van der Waals surface area contributed by atoms with E-state index in [-0.39, 0.29) is 18.0 Å². The molecule has 9 nitrogen and oxygen atoms in total. The number of piperidine rings is 2. The first-order valence-corrected chi connectivity index (χ1v) is 14.1. The average Bonchev–Trinajstić information content (AvgIpc) is 3.44. The van der Waals surface area contributed by atoms with Crippen molar-refractivity contribution in [3.63, 3.8) is 0 Å². The lowest BCUT2D eigenvalue weighted by Crippen LogP contribution is -2.36. The number of benzene rings is 1. The van der Waals surface area contributed by atoms with Gasteiger partial charge in [-0.3, -0.25) is 4.79 Å². The summed E-state index contributed by atoms with van der Waals surface area (Å²) in [6.45, 7) is 5.03. The first-order valence-electron chi connectivity index (χ1n) is 14.1. The third kappa shape index (κ3) is 7.03. The molecule has 2 fully saturated rings. The van der Waals surface area contributed by atoms with Crippen LogP contribution in [-0.4, -0.2) is 59.6 Å². The highest BCUT2D eigenvalue weighted by Gasteiger charge is 2.42. The van der Waals surface area contributed by atoms with Gasteiger partial charge in [0.25, 0.3) is 6.01 Å². The molecule has 0 amide bonds. The second-order valence-electron chi connectivity index (χ2n) is 11.1. The number of halogens is 3. The number of alkyl halides is 3. The van der Waals surface area contributed by atoms with Gasteiger partial charge >= 0.3 is 12.1 Å². The predicted molar refractivity (Wildman–Crippen MR) is 148 cm³/mol. The third-order valence-corrected chi connectivity index (χ3v) is 7.74. The van der Waals surface area contributed by atoms with E-state index in [1.54, 1.807) is 29.2 Å². The van der Waals surface area contributed by atoms with Crippen molar-refractivity contribution in [2.24, 2.45) is 11.8 Å². The Morgan fingerprint density at radius 2 is 1.88 bits per heavy atom. The summed E-state index contributed by atoms with van der Waals surface area (Å²) in [4.78, 5) is 36.0. The molecule has 1 unspecified atom stereocenters. The van der Waals surface area contributed by atoms with Gasteiger partial charge in [0.15, 0.2) is 5.69 Å². The maximum absolute atomic E-state index is 13.7. The number of hydrogen-bond donors (Lipinski definition) is 1. The van der Waals surface area contributed by atoms with Gasteiger partial charge < -0.3 is 24.1 Å². The standard InChI is InChI=1S/C30H33F3N4O5/c1-19-4-3-11-37(17-19)29-35-27(30(31,32)33)26(42-29)24(38)14-21-7-8-25(34-16-21)36-12-9-20(10-13-36)18-41-23-6-2-5-22(15-23)28(39)40/h2,5-8,15-16,19-20H,3-4,9-14,17-18H2,1H3,(H,39,40). The van der Waals surface area contributed by atoms with Crippen LogP contribution in [0.25, 0.3) is 0 Å². The van der Waals surface area contributed by atoms with Gasteiger partial charge in [0.2, 0.25) is 11.5 Å². The fourth-order valence-electron chi connectivity index (χ4n) is 5.42. The molecule has 1 aromatic carbocycles. The highest BCUT2D eigenvalue weighted by Crippen LogP contribution is 2.35. The fourth-order valence-corrected chi connectivity index (χ4v) is 5.42. The molecule has 4 heterocycles. The van der Waals surface area contributed by atoms with Gasteiger partial charge in [0, 0.05) is 38.8 Å². The summed E-state index contributed by atoms with van der Waals surface area (Å²) < 4.78 is 52.4. The Morgan fingerprint density at radius 3 is 2.55 bits per heavy atom. The zero-order valence-corrected chi connectivity index (χ0v) is 23.3. The second-order valence-corrected chi connectivity index (χ2v) is 11.1. The molecule has 2 aliphatic heterocycles. The molecule has 1 N–H and O–H groups in total. The molecule has 2 aromatic heterocycles. The number of oxazole rings is 1. The number of rotatable bonds is 9. The number of nitrogens with zero attached hydrogens (tertiary/aromatic N) is 4. The van der Waals surface area contributed by atoms with Gasteiger partial charge in [0.1, 0.15) is 11.6 Å². The summed E-state index contributed by atoms with van der Waals surface area (Å²) >= 11 is 0. The molecule has 2 saturated heterocycles. The number of anilines is 2. The van der Waals surface area contributed by atoms with Gasteiger partial charge in [-0.1, -0.05) is 19.1 Å². The molecule has 0 bridgehead atoms. The number of Topliss-reactive ketones (excluding diaryl/α,β-unsaturated/α-hetero) is 1. The number of carboxylic acids is 1. The minimum absolute atomic E-state index is 0.159. The molecule has 0 aliphatic carbocycles. The van der Waals surface area contributed by atoms with Crippen molar-refractivity contribution in [3.8, 4) is 5.75 Å². The molecule has 2 aliphatic rings. The van der Waals surface area contributed by atoms with E-state index in [0.717, 1.165) is 44.6 Å². The number of carboxylic acid groups (broad SMARTS) is 1. The van der Waals surface area contributed by atoms with E-state index in [2.05, 4.69) is 14.9 Å². The lowest BCUT2D eigenvalue weighted by atomic mass is 9.97. The summed E-state index contributed by atoms with van der Waals surface area (Å²) in [5.74, 6) is -0.724. The fraction of sp³-hybridized carbons (Fsp3) is 0.467. The lowest BCUT2D eigenvalue weighted by Gasteiger charge is -2.32. The molecule has 1 atom stereocenters. The molecular formula is C30H33F3N4O5. The smallest absolute Gasteiger partial charge is 0.437 e. The van der Waals surface area contributed by atoms with Gasteiger partial charge in [-0.15, -0.1) is 0 Å². The lowest BCUT2D eigenvalue weighted by molar-refractivity contribution is -0.141. The number of hydrogen-bond acceptors (Lipinski definition) is 8. The number of pyridine rings is 1. The normalized spacial score (nSPS) is 18.2. The molecule has 0 saturated carbocycles. The van der Waals surface area contributed by atoms with Crippen molar-refractivity contribution in [2.75, 3.05) is 42.6 Å². The number of aromatic nitrogens is 2. The minimum atomic E-state index is -4.81. The van der Waals surface area contributed by atoms with E-state index >= 15 is 0 Å². The molecular weight excluding hydrogens is 553 g/mol. The molecule has 5 rings (SSSR count). The van der Waals surface area contributed by atoms with Gasteiger partial charge in [-0.25, -0.2) is 9.78 Å². The van der Waals surface area contributed by atoms with Crippen LogP contribution >= 0.6 is 0 Å². The van der Waals surface area contributed by atoms with E-state index < -0.39 is 29.4 Å². The maximum Gasteiger partial charge on any atom is 0.437 e. The Hall–Kier alpha value is -4.09. The van der Waals surface area contributed by atoms with E-state index in [0.29, 0.717) is 42.8 Å². The quantitative estimate of drug-likeness (QED) is 0.314. The summed E-state index contributed by atoms with van der Waals surface area (Å²) in [7, 11) is 0. The molecule has 42 heavy (non-hydrogen) atoms. The molecule has 0 spiro atoms. The van der Waals surface area contributed by atoms with Crippen LogP contribution in [0.4, 0.5) is 25.0 Å². The van der Waals surface area contributed by atoms with E-state index in [1.807, 2.05) is 6.92 Å². The highest BCUT2D eigenvalue weighted by molar-refractivity contribution is 5.96. The van der Waals surface area contributed by atoms with Gasteiger partial charge in [0.05, 0.1) is 12.2 Å². The highest BCUT2D eigenvalue weighted by atomic mass is 19.4. The van der Waals surface area contributed by atoms with Crippen LogP contribution in [0.2, 0.25) is 0 Å². The number of carbonyl (C=O) groups is 2. The monoisotopic (exact) mass is 586 g/mol. The maximum atomic E-state index is 13.7. The number of carbonyl (C=O) groups excluding carboxylic acids is 1. The van der Waals surface area contributed by atoms with Crippen molar-refractivity contribution in [2.45, 2.75) is 45.2 Å². The van der Waals surface area contributed by atoms with Crippen LogP contribution in [0.5, 0.6) is 5.75 Å². The Bertz CT molecular complexity index is 1400. The van der Waals surface area contributed by atoms with Crippen LogP contribution in [0.3, 0.4) is 0 Å². The van der Waals surface area contributed by atoms with E-state index in [9.17, 15) is 22.8 Å². The first kappa shape index (κ1) is 29.4. The summed E-state index contributed by atoms with van der Waals surface area (Å²) in [6.07, 6.45) is -0.0837. The van der Waals surface area contributed by atoms with Gasteiger partial charge in [-0.2, -0.15) is 18.2 Å². The minimum Gasteiger partial charge on any atom is -0.493 e.